The van der Waals surface area contributed by atoms with Crippen LogP contribution in [0.1, 0.15) is 160 Å². The van der Waals surface area contributed by atoms with Crippen LogP contribution < -0.4 is 21.6 Å². The molecule has 7 rings (SSSR count). The predicted molar refractivity (Wildman–Crippen MR) is 320 cm³/mol. The molecule has 0 aromatic heterocycles. The number of rotatable bonds is 25. The molecule has 0 spiro atoms. The smallest absolute Gasteiger partial charge is 0.444 e. The molecule has 2 fully saturated rings. The second-order valence-electron chi connectivity index (χ2n) is 25.6. The molecular weight excluding hydrogens is 990 g/mol. The standard InChI is InChI=1S/C64H90B2N4O9/c1-47(71)48-32-33-53-54(38-48)56(42-70(37-25-15-13-23-35-68-60(73)79-62(5,6)7)40-50-27-17-21-31-58(50)66-76-45-64(10,11)46-77-66)52-29-19-18-28-51(52)55(53)41-69(36-24-14-12-22-34-67-59(72)78-61(2,3)4)39-49-26-16-20-30-57(49)65-74-43-63(8,9)44-75-65/h16-21,26-33,38H,12-15,22-25,34-37,39-46H2,1-11H3,(H,67,72)(H,68,73). The highest BCUT2D eigenvalue weighted by molar-refractivity contribution is 6.62. The molecule has 2 aliphatic rings. The van der Waals surface area contributed by atoms with Gasteiger partial charge in [-0.2, -0.15) is 0 Å². The van der Waals surface area contributed by atoms with Crippen LogP contribution in [0.2, 0.25) is 0 Å². The van der Waals surface area contributed by atoms with Crippen LogP contribution in [0.5, 0.6) is 0 Å². The fourth-order valence-corrected chi connectivity index (χ4v) is 10.5. The zero-order chi connectivity index (χ0) is 56.8. The molecule has 0 atom stereocenters. The number of benzene rings is 5. The van der Waals surface area contributed by atoms with Crippen molar-refractivity contribution in [2.24, 2.45) is 10.8 Å². The molecule has 0 unspecified atom stereocenters. The maximum absolute atomic E-state index is 13.3. The lowest BCUT2D eigenvalue weighted by atomic mass is 9.73. The van der Waals surface area contributed by atoms with Crippen LogP contribution >= 0.6 is 0 Å². The summed E-state index contributed by atoms with van der Waals surface area (Å²) in [6.45, 7) is 29.5. The quantitative estimate of drug-likeness (QED) is 0.0250. The number of ether oxygens (including phenoxy) is 2. The second kappa shape index (κ2) is 27.9. The van der Waals surface area contributed by atoms with Crippen molar-refractivity contribution in [2.75, 3.05) is 52.6 Å². The minimum absolute atomic E-state index is 0.0280. The van der Waals surface area contributed by atoms with Crippen LogP contribution in [-0.2, 0) is 54.3 Å². The van der Waals surface area contributed by atoms with Gasteiger partial charge in [-0.15, -0.1) is 0 Å². The van der Waals surface area contributed by atoms with Crippen LogP contribution in [0, 0.1) is 10.8 Å². The maximum Gasteiger partial charge on any atom is 0.494 e. The average molecular weight is 1080 g/mol. The SMILES string of the molecule is CC(=O)c1ccc2c(CN(CCCCCCNC(=O)OC(C)(C)C)Cc3ccccc3B3OCC(C)(C)CO3)c3ccccc3c(CN(CCCCCCNC(=O)OC(C)(C)C)Cc3ccccc3B3OCC(C)(C)CO3)c2c1. The van der Waals surface area contributed by atoms with Crippen molar-refractivity contribution in [1.29, 1.82) is 0 Å². The van der Waals surface area contributed by atoms with Crippen molar-refractivity contribution in [1.82, 2.24) is 20.4 Å². The molecule has 2 amide bonds. The molecule has 426 valence electrons. The van der Waals surface area contributed by atoms with Gasteiger partial charge in [-0.05, 0) is 148 Å². The number of hydrogen-bond donors (Lipinski definition) is 2. The van der Waals surface area contributed by atoms with E-state index in [2.05, 4.69) is 133 Å². The van der Waals surface area contributed by atoms with Crippen molar-refractivity contribution in [3.05, 3.63) is 119 Å². The van der Waals surface area contributed by atoms with E-state index in [-0.39, 0.29) is 28.8 Å². The summed E-state index contributed by atoms with van der Waals surface area (Å²) in [5.41, 5.74) is 6.32. The number of amides is 2. The van der Waals surface area contributed by atoms with E-state index in [1.54, 1.807) is 6.92 Å². The summed E-state index contributed by atoms with van der Waals surface area (Å²) < 4.78 is 36.5. The van der Waals surface area contributed by atoms with Gasteiger partial charge in [0, 0.05) is 82.1 Å². The third kappa shape index (κ3) is 18.9. The van der Waals surface area contributed by atoms with Gasteiger partial charge in [-0.1, -0.05) is 138 Å². The molecule has 5 aromatic rings. The number of ketones is 1. The molecule has 2 N–H and O–H groups in total. The number of fused-ring (bicyclic) bond motifs is 2. The van der Waals surface area contributed by atoms with E-state index in [0.29, 0.717) is 71.3 Å². The molecule has 15 heteroatoms. The van der Waals surface area contributed by atoms with Crippen LogP contribution in [0.3, 0.4) is 0 Å². The molecule has 2 saturated heterocycles. The first kappa shape index (κ1) is 61.3. The predicted octanol–water partition coefficient (Wildman–Crippen LogP) is 11.9. The summed E-state index contributed by atoms with van der Waals surface area (Å²) in [6, 6.07) is 32.1. The summed E-state index contributed by atoms with van der Waals surface area (Å²) in [6.07, 6.45) is 6.80. The molecular formula is C64H90B2N4O9. The van der Waals surface area contributed by atoms with Crippen LogP contribution in [0.4, 0.5) is 9.59 Å². The Morgan fingerprint density at radius 1 is 0.506 bits per heavy atom. The number of nitrogens with zero attached hydrogens (tertiary/aromatic N) is 2. The van der Waals surface area contributed by atoms with Crippen molar-refractivity contribution in [2.45, 2.75) is 165 Å². The molecule has 2 aliphatic heterocycles. The van der Waals surface area contributed by atoms with Gasteiger partial charge in [0.25, 0.3) is 0 Å². The Bertz CT molecular complexity index is 2810. The fraction of sp³-hybridized carbons (Fsp3) is 0.547. The lowest BCUT2D eigenvalue weighted by Gasteiger charge is -2.34. The molecule has 0 aliphatic carbocycles. The lowest BCUT2D eigenvalue weighted by molar-refractivity contribution is 0.0341. The minimum Gasteiger partial charge on any atom is -0.444 e. The van der Waals surface area contributed by atoms with E-state index < -0.39 is 25.4 Å². The number of Topliss-reactive ketones (excluding diaryl/α,β-unsaturated/α-hetero) is 1. The highest BCUT2D eigenvalue weighted by Crippen LogP contribution is 2.37. The number of nitrogens with one attached hydrogen (secondary N) is 2. The Balaban J connectivity index is 1.20. The molecule has 0 radical (unpaired) electrons. The largest absolute Gasteiger partial charge is 0.494 e. The Morgan fingerprint density at radius 3 is 1.30 bits per heavy atom. The topological polar surface area (TPSA) is 137 Å². The molecule has 0 bridgehead atoms. The number of carbonyl (C=O) groups is 3. The summed E-state index contributed by atoms with van der Waals surface area (Å²) in [5, 5.41) is 10.4. The minimum atomic E-state index is -0.541. The van der Waals surface area contributed by atoms with Crippen LogP contribution in [0.15, 0.2) is 91.0 Å². The van der Waals surface area contributed by atoms with E-state index in [1.807, 2.05) is 47.6 Å². The van der Waals surface area contributed by atoms with Crippen molar-refractivity contribution in [3.8, 4) is 0 Å². The highest BCUT2D eigenvalue weighted by atomic mass is 16.6. The van der Waals surface area contributed by atoms with E-state index in [4.69, 9.17) is 28.1 Å². The fourth-order valence-electron chi connectivity index (χ4n) is 10.5. The first-order valence-corrected chi connectivity index (χ1v) is 29.0. The number of carbonyl (C=O) groups excluding carboxylic acids is 3. The molecule has 5 aromatic carbocycles. The molecule has 2 heterocycles. The van der Waals surface area contributed by atoms with Gasteiger partial charge in [0.05, 0.1) is 0 Å². The first-order valence-electron chi connectivity index (χ1n) is 29.0. The van der Waals surface area contributed by atoms with E-state index in [9.17, 15) is 14.4 Å². The monoisotopic (exact) mass is 1080 g/mol. The second-order valence-corrected chi connectivity index (χ2v) is 25.6. The number of unbranched alkanes of at least 4 members (excludes halogenated alkanes) is 6. The molecule has 0 saturated carbocycles. The Morgan fingerprint density at radius 2 is 0.886 bits per heavy atom. The zero-order valence-electron chi connectivity index (χ0n) is 49.5. The summed E-state index contributed by atoms with van der Waals surface area (Å²) in [4.78, 5) is 43.2. The van der Waals surface area contributed by atoms with E-state index in [1.165, 1.54) is 27.5 Å². The number of alkyl carbamates (subject to hydrolysis) is 2. The Labute approximate surface area is 472 Å². The summed E-state index contributed by atoms with van der Waals surface area (Å²) >= 11 is 0. The van der Waals surface area contributed by atoms with E-state index in [0.717, 1.165) is 91.7 Å². The Kier molecular flexibility index (Phi) is 21.7. The summed E-state index contributed by atoms with van der Waals surface area (Å²) in [7, 11) is -0.894. The van der Waals surface area contributed by atoms with Crippen LogP contribution in [-0.4, -0.2) is 106 Å². The van der Waals surface area contributed by atoms with Crippen molar-refractivity contribution in [3.63, 3.8) is 0 Å². The van der Waals surface area contributed by atoms with Crippen molar-refractivity contribution >= 4 is 64.7 Å². The van der Waals surface area contributed by atoms with Gasteiger partial charge in [0.1, 0.15) is 11.2 Å². The average Bonchev–Trinajstić information content (AvgIpc) is 3.48. The molecule has 79 heavy (non-hydrogen) atoms. The van der Waals surface area contributed by atoms with Gasteiger partial charge in [-0.25, -0.2) is 9.59 Å². The van der Waals surface area contributed by atoms with Crippen molar-refractivity contribution < 1.29 is 42.5 Å². The number of hydrogen-bond acceptors (Lipinski definition) is 11. The molecule has 13 nitrogen and oxygen atoms in total. The van der Waals surface area contributed by atoms with Gasteiger partial charge in [0.2, 0.25) is 0 Å². The van der Waals surface area contributed by atoms with Gasteiger partial charge < -0.3 is 38.7 Å². The van der Waals surface area contributed by atoms with Gasteiger partial charge in [-0.3, -0.25) is 14.6 Å². The third-order valence-corrected chi connectivity index (χ3v) is 14.5. The lowest BCUT2D eigenvalue weighted by Crippen LogP contribution is -2.49. The van der Waals surface area contributed by atoms with Gasteiger partial charge >= 0.3 is 26.4 Å². The highest BCUT2D eigenvalue weighted by Gasteiger charge is 2.36. The van der Waals surface area contributed by atoms with Gasteiger partial charge in [0.15, 0.2) is 5.78 Å². The summed E-state index contributed by atoms with van der Waals surface area (Å²) in [5.74, 6) is 0.0280. The normalized spacial score (nSPS) is 15.7. The first-order chi connectivity index (χ1) is 37.5. The van der Waals surface area contributed by atoms with Crippen LogP contribution in [0.25, 0.3) is 21.5 Å². The van der Waals surface area contributed by atoms with E-state index >= 15 is 0 Å². The zero-order valence-corrected chi connectivity index (χ0v) is 49.5. The third-order valence-electron chi connectivity index (χ3n) is 14.5. The Hall–Kier alpha value is -5.28. The maximum atomic E-state index is 13.3.